The summed E-state index contributed by atoms with van der Waals surface area (Å²) in [4.78, 5) is 0. The fraction of sp³-hybridized carbons (Fsp3) is 1.00. The van der Waals surface area contributed by atoms with E-state index < -0.39 is 0 Å². The lowest BCUT2D eigenvalue weighted by Crippen LogP contribution is -2.27. The Kier molecular flexibility index (Phi) is 5.40. The van der Waals surface area contributed by atoms with Gasteiger partial charge >= 0.3 is 0 Å². The Morgan fingerprint density at radius 2 is 2.08 bits per heavy atom. The van der Waals surface area contributed by atoms with E-state index in [0.717, 1.165) is 25.6 Å². The van der Waals surface area contributed by atoms with Crippen molar-refractivity contribution in [3.8, 4) is 0 Å². The van der Waals surface area contributed by atoms with E-state index in [-0.39, 0.29) is 0 Å². The molecule has 0 aromatic heterocycles. The predicted molar refractivity (Wildman–Crippen MR) is 55.9 cm³/mol. The van der Waals surface area contributed by atoms with Crippen molar-refractivity contribution in [3.05, 3.63) is 0 Å². The summed E-state index contributed by atoms with van der Waals surface area (Å²) < 4.78 is 5.62. The van der Waals surface area contributed by atoms with E-state index in [1.807, 2.05) is 0 Å². The first-order valence-corrected chi connectivity index (χ1v) is 5.61. The molecule has 78 valence electrons. The molecule has 0 spiro atoms. The molecule has 0 aromatic rings. The van der Waals surface area contributed by atoms with E-state index in [0.29, 0.717) is 6.10 Å². The highest BCUT2D eigenvalue weighted by Crippen LogP contribution is 2.21. The van der Waals surface area contributed by atoms with Gasteiger partial charge in [-0.05, 0) is 38.1 Å². The van der Waals surface area contributed by atoms with E-state index in [9.17, 15) is 0 Å². The zero-order valence-electron chi connectivity index (χ0n) is 9.01. The molecule has 0 aliphatic heterocycles. The number of rotatable bonds is 7. The van der Waals surface area contributed by atoms with Crippen molar-refractivity contribution in [2.75, 3.05) is 19.7 Å². The fourth-order valence-corrected chi connectivity index (χ4v) is 1.35. The molecule has 0 saturated heterocycles. The Balaban J connectivity index is 1.73. The maximum absolute atomic E-state index is 5.62. The molecule has 0 heterocycles. The molecule has 1 rings (SSSR count). The van der Waals surface area contributed by atoms with Gasteiger partial charge in [-0.2, -0.15) is 0 Å². The Morgan fingerprint density at radius 3 is 2.62 bits per heavy atom. The quantitative estimate of drug-likeness (QED) is 0.614. The second kappa shape index (κ2) is 6.39. The third kappa shape index (κ3) is 5.27. The summed E-state index contributed by atoms with van der Waals surface area (Å²) in [5.41, 5.74) is 0. The van der Waals surface area contributed by atoms with Crippen LogP contribution >= 0.6 is 0 Å². The molecule has 0 radical (unpaired) electrons. The third-order valence-corrected chi connectivity index (χ3v) is 2.58. The Morgan fingerprint density at radius 1 is 1.31 bits per heavy atom. The summed E-state index contributed by atoms with van der Waals surface area (Å²) in [7, 11) is 0. The van der Waals surface area contributed by atoms with E-state index in [4.69, 9.17) is 4.74 Å². The van der Waals surface area contributed by atoms with Crippen LogP contribution in [0.15, 0.2) is 0 Å². The van der Waals surface area contributed by atoms with Gasteiger partial charge < -0.3 is 10.1 Å². The van der Waals surface area contributed by atoms with E-state index in [1.165, 1.54) is 25.7 Å². The summed E-state index contributed by atoms with van der Waals surface area (Å²) in [6.07, 6.45) is 5.79. The van der Waals surface area contributed by atoms with Crippen LogP contribution in [-0.4, -0.2) is 25.8 Å². The molecule has 1 fully saturated rings. The smallest absolute Gasteiger partial charge is 0.0594 e. The lowest BCUT2D eigenvalue weighted by atomic mass is 9.96. The van der Waals surface area contributed by atoms with Crippen LogP contribution in [0.2, 0.25) is 0 Å². The first-order valence-electron chi connectivity index (χ1n) is 5.61. The molecular weight excluding hydrogens is 162 g/mol. The number of hydrogen-bond acceptors (Lipinski definition) is 2. The minimum atomic E-state index is 0.590. The minimum Gasteiger partial charge on any atom is -0.377 e. The van der Waals surface area contributed by atoms with Crippen LogP contribution in [0.25, 0.3) is 0 Å². The van der Waals surface area contributed by atoms with Crippen molar-refractivity contribution >= 4 is 0 Å². The van der Waals surface area contributed by atoms with Crippen LogP contribution in [0, 0.1) is 5.92 Å². The number of hydrogen-bond donors (Lipinski definition) is 1. The maximum atomic E-state index is 5.62. The van der Waals surface area contributed by atoms with Crippen LogP contribution in [0.4, 0.5) is 0 Å². The Hall–Kier alpha value is -0.0800. The van der Waals surface area contributed by atoms with Crippen LogP contribution in [-0.2, 0) is 4.74 Å². The molecule has 13 heavy (non-hydrogen) atoms. The highest BCUT2D eigenvalue weighted by molar-refractivity contribution is 4.69. The van der Waals surface area contributed by atoms with Gasteiger partial charge in [-0.3, -0.25) is 0 Å². The topological polar surface area (TPSA) is 21.3 Å². The van der Waals surface area contributed by atoms with Crippen molar-refractivity contribution in [2.45, 2.75) is 45.6 Å². The summed E-state index contributed by atoms with van der Waals surface area (Å²) in [5.74, 6) is 0.806. The molecule has 2 heteroatoms. The lowest BCUT2D eigenvalue weighted by molar-refractivity contribution is 0.00427. The average Bonchev–Trinajstić information content (AvgIpc) is 1.99. The standard InChI is InChI=1S/C11H23NO/c1-10(2)6-7-12-8-9-13-11-4-3-5-11/h10-12H,3-9H2,1-2H3. The van der Waals surface area contributed by atoms with Gasteiger partial charge in [-0.25, -0.2) is 0 Å². The van der Waals surface area contributed by atoms with Crippen molar-refractivity contribution in [2.24, 2.45) is 5.92 Å². The SMILES string of the molecule is CC(C)CCNCCOC1CCC1. The summed E-state index contributed by atoms with van der Waals surface area (Å²) >= 11 is 0. The molecular formula is C11H23NO. The first-order chi connectivity index (χ1) is 6.29. The van der Waals surface area contributed by atoms with Crippen molar-refractivity contribution in [3.63, 3.8) is 0 Å². The molecule has 0 atom stereocenters. The Labute approximate surface area is 82.0 Å². The zero-order chi connectivity index (χ0) is 9.52. The van der Waals surface area contributed by atoms with Gasteiger partial charge in [0.1, 0.15) is 0 Å². The van der Waals surface area contributed by atoms with Gasteiger partial charge in [0.15, 0.2) is 0 Å². The molecule has 1 aliphatic carbocycles. The van der Waals surface area contributed by atoms with Gasteiger partial charge in [-0.15, -0.1) is 0 Å². The van der Waals surface area contributed by atoms with Gasteiger partial charge in [0.05, 0.1) is 12.7 Å². The second-order valence-corrected chi connectivity index (χ2v) is 4.36. The minimum absolute atomic E-state index is 0.590. The van der Waals surface area contributed by atoms with Gasteiger partial charge in [-0.1, -0.05) is 13.8 Å². The summed E-state index contributed by atoms with van der Waals surface area (Å²) in [6, 6.07) is 0. The highest BCUT2D eigenvalue weighted by atomic mass is 16.5. The third-order valence-electron chi connectivity index (χ3n) is 2.58. The molecule has 0 unspecified atom stereocenters. The van der Waals surface area contributed by atoms with Gasteiger partial charge in [0.2, 0.25) is 0 Å². The zero-order valence-corrected chi connectivity index (χ0v) is 9.01. The second-order valence-electron chi connectivity index (χ2n) is 4.36. The number of nitrogens with one attached hydrogen (secondary N) is 1. The van der Waals surface area contributed by atoms with Crippen LogP contribution in [0.3, 0.4) is 0 Å². The fourth-order valence-electron chi connectivity index (χ4n) is 1.35. The largest absolute Gasteiger partial charge is 0.377 e. The maximum Gasteiger partial charge on any atom is 0.0594 e. The summed E-state index contributed by atoms with van der Waals surface area (Å²) in [5, 5.41) is 3.40. The lowest BCUT2D eigenvalue weighted by Gasteiger charge is -2.25. The van der Waals surface area contributed by atoms with Crippen molar-refractivity contribution in [1.82, 2.24) is 5.32 Å². The molecule has 2 nitrogen and oxygen atoms in total. The molecule has 0 amide bonds. The molecule has 1 N–H and O–H groups in total. The molecule has 0 bridgehead atoms. The Bertz CT molecular complexity index is 121. The predicted octanol–water partition coefficient (Wildman–Crippen LogP) is 2.19. The van der Waals surface area contributed by atoms with Crippen molar-refractivity contribution < 1.29 is 4.74 Å². The van der Waals surface area contributed by atoms with E-state index in [1.54, 1.807) is 0 Å². The molecule has 1 saturated carbocycles. The first kappa shape index (κ1) is 11.0. The van der Waals surface area contributed by atoms with E-state index in [2.05, 4.69) is 19.2 Å². The normalized spacial score (nSPS) is 17.8. The highest BCUT2D eigenvalue weighted by Gasteiger charge is 2.16. The van der Waals surface area contributed by atoms with Crippen molar-refractivity contribution in [1.29, 1.82) is 0 Å². The van der Waals surface area contributed by atoms with Crippen LogP contribution < -0.4 is 5.32 Å². The van der Waals surface area contributed by atoms with E-state index >= 15 is 0 Å². The molecule has 1 aliphatic rings. The van der Waals surface area contributed by atoms with Crippen LogP contribution in [0.1, 0.15) is 39.5 Å². The average molecular weight is 185 g/mol. The summed E-state index contributed by atoms with van der Waals surface area (Å²) in [6.45, 7) is 7.55. The monoisotopic (exact) mass is 185 g/mol. The van der Waals surface area contributed by atoms with Gasteiger partial charge in [0.25, 0.3) is 0 Å². The molecule has 0 aromatic carbocycles. The van der Waals surface area contributed by atoms with Crippen LogP contribution in [0.5, 0.6) is 0 Å². The number of ether oxygens (including phenoxy) is 1. The van der Waals surface area contributed by atoms with Gasteiger partial charge in [0, 0.05) is 6.54 Å².